The summed E-state index contributed by atoms with van der Waals surface area (Å²) in [5, 5.41) is 14.7. The van der Waals surface area contributed by atoms with Crippen LogP contribution in [0.25, 0.3) is 0 Å². The molecule has 132 valence electrons. The van der Waals surface area contributed by atoms with E-state index < -0.39 is 12.0 Å². The second-order valence-corrected chi connectivity index (χ2v) is 5.35. The summed E-state index contributed by atoms with van der Waals surface area (Å²) in [6.45, 7) is 3.83. The van der Waals surface area contributed by atoms with E-state index >= 15 is 0 Å². The molecule has 9 nitrogen and oxygen atoms in total. The summed E-state index contributed by atoms with van der Waals surface area (Å²) >= 11 is 0. The van der Waals surface area contributed by atoms with E-state index in [9.17, 15) is 4.79 Å². The summed E-state index contributed by atoms with van der Waals surface area (Å²) in [7, 11) is 3.12. The molecule has 1 aliphatic rings. The SMILES string of the molecule is CCOC(=O)C1=C(C)Nc2nnnn2[C@@H]1c1ccc(OC)c(OC)c1. The molecule has 1 atom stereocenters. The van der Waals surface area contributed by atoms with Gasteiger partial charge in [-0.3, -0.25) is 0 Å². The van der Waals surface area contributed by atoms with E-state index in [-0.39, 0.29) is 6.61 Å². The van der Waals surface area contributed by atoms with Crippen molar-refractivity contribution in [3.05, 3.63) is 35.0 Å². The van der Waals surface area contributed by atoms with Gasteiger partial charge in [0.15, 0.2) is 11.5 Å². The van der Waals surface area contributed by atoms with Crippen molar-refractivity contribution >= 4 is 11.9 Å². The number of allylic oxidation sites excluding steroid dienone is 1. The number of esters is 1. The van der Waals surface area contributed by atoms with Crippen molar-refractivity contribution in [1.29, 1.82) is 0 Å². The Morgan fingerprint density at radius 1 is 1.28 bits per heavy atom. The third-order valence-electron chi connectivity index (χ3n) is 3.93. The lowest BCUT2D eigenvalue weighted by molar-refractivity contribution is -0.139. The Balaban J connectivity index is 2.15. The van der Waals surface area contributed by atoms with Crippen LogP contribution in [0.1, 0.15) is 25.5 Å². The highest BCUT2D eigenvalue weighted by molar-refractivity contribution is 5.92. The van der Waals surface area contributed by atoms with Gasteiger partial charge in [-0.1, -0.05) is 11.2 Å². The maximum Gasteiger partial charge on any atom is 0.338 e. The van der Waals surface area contributed by atoms with E-state index in [2.05, 4.69) is 20.8 Å². The quantitative estimate of drug-likeness (QED) is 0.815. The van der Waals surface area contributed by atoms with Gasteiger partial charge in [-0.05, 0) is 42.0 Å². The molecule has 2 heterocycles. The molecule has 0 unspecified atom stereocenters. The number of carbonyl (C=O) groups is 1. The second kappa shape index (κ2) is 6.80. The summed E-state index contributed by atoms with van der Waals surface area (Å²) in [5.41, 5.74) is 1.85. The van der Waals surface area contributed by atoms with Crippen molar-refractivity contribution in [1.82, 2.24) is 20.2 Å². The molecule has 25 heavy (non-hydrogen) atoms. The van der Waals surface area contributed by atoms with Gasteiger partial charge in [0, 0.05) is 5.70 Å². The number of tetrazole rings is 1. The molecule has 0 saturated carbocycles. The number of fused-ring (bicyclic) bond motifs is 1. The van der Waals surface area contributed by atoms with Crippen LogP contribution in [0.5, 0.6) is 11.5 Å². The fraction of sp³-hybridized carbons (Fsp3) is 0.375. The standard InChI is InChI=1S/C16H19N5O4/c1-5-25-15(22)13-9(2)17-16-18-19-20-21(16)14(13)10-6-7-11(23-3)12(8-10)24-4/h6-8,14H,5H2,1-4H3,(H,17,18,20)/t14-/m1/s1. The van der Waals surface area contributed by atoms with Gasteiger partial charge >= 0.3 is 5.97 Å². The molecule has 9 heteroatoms. The zero-order valence-corrected chi connectivity index (χ0v) is 14.4. The molecule has 0 spiro atoms. The Kier molecular flexibility index (Phi) is 4.55. The maximum absolute atomic E-state index is 12.5. The average molecular weight is 345 g/mol. The van der Waals surface area contributed by atoms with Crippen LogP contribution in [0.15, 0.2) is 29.5 Å². The molecule has 0 radical (unpaired) electrons. The molecule has 1 N–H and O–H groups in total. The number of nitrogens with zero attached hydrogens (tertiary/aromatic N) is 4. The Bertz CT molecular complexity index is 830. The first kappa shape index (κ1) is 16.7. The summed E-state index contributed by atoms with van der Waals surface area (Å²) in [6, 6.07) is 4.88. The lowest BCUT2D eigenvalue weighted by Crippen LogP contribution is -2.29. The van der Waals surface area contributed by atoms with Crippen LogP contribution in [0, 0.1) is 0 Å². The predicted molar refractivity (Wildman–Crippen MR) is 88.5 cm³/mol. The van der Waals surface area contributed by atoms with Gasteiger partial charge in [-0.15, -0.1) is 0 Å². The Morgan fingerprint density at radius 2 is 2.04 bits per heavy atom. The number of hydrogen-bond acceptors (Lipinski definition) is 8. The maximum atomic E-state index is 12.5. The fourth-order valence-corrected chi connectivity index (χ4v) is 2.82. The first-order valence-corrected chi connectivity index (χ1v) is 7.75. The van der Waals surface area contributed by atoms with E-state index in [1.165, 1.54) is 0 Å². The normalized spacial score (nSPS) is 16.1. The number of rotatable bonds is 5. The van der Waals surface area contributed by atoms with Gasteiger partial charge < -0.3 is 19.5 Å². The largest absolute Gasteiger partial charge is 0.493 e. The van der Waals surface area contributed by atoms with Crippen LogP contribution in [-0.2, 0) is 9.53 Å². The minimum Gasteiger partial charge on any atom is -0.493 e. The van der Waals surface area contributed by atoms with E-state index in [0.29, 0.717) is 28.7 Å². The molecular weight excluding hydrogens is 326 g/mol. The molecule has 3 rings (SSSR count). The molecule has 0 aliphatic carbocycles. The average Bonchev–Trinajstić information content (AvgIpc) is 3.07. The number of anilines is 1. The summed E-state index contributed by atoms with van der Waals surface area (Å²) < 4.78 is 17.4. The zero-order chi connectivity index (χ0) is 18.0. The molecule has 1 aromatic carbocycles. The van der Waals surface area contributed by atoms with Crippen LogP contribution >= 0.6 is 0 Å². The minimum atomic E-state index is -0.537. The van der Waals surface area contributed by atoms with Gasteiger partial charge in [-0.2, -0.15) is 4.68 Å². The first-order chi connectivity index (χ1) is 12.1. The van der Waals surface area contributed by atoms with Gasteiger partial charge in [-0.25, -0.2) is 4.79 Å². The van der Waals surface area contributed by atoms with Crippen molar-refractivity contribution < 1.29 is 19.0 Å². The van der Waals surface area contributed by atoms with Crippen molar-refractivity contribution in [3.63, 3.8) is 0 Å². The van der Waals surface area contributed by atoms with Crippen molar-refractivity contribution in [2.45, 2.75) is 19.9 Å². The highest BCUT2D eigenvalue weighted by Crippen LogP contribution is 2.38. The Hall–Kier alpha value is -3.10. The predicted octanol–water partition coefficient (Wildman–Crippen LogP) is 1.54. The number of carbonyl (C=O) groups excluding carboxylic acids is 1. The second-order valence-electron chi connectivity index (χ2n) is 5.35. The number of ether oxygens (including phenoxy) is 3. The van der Waals surface area contributed by atoms with Crippen LogP contribution in [0.3, 0.4) is 0 Å². The molecule has 0 fully saturated rings. The van der Waals surface area contributed by atoms with E-state index in [1.54, 1.807) is 44.9 Å². The smallest absolute Gasteiger partial charge is 0.338 e. The summed E-state index contributed by atoms with van der Waals surface area (Å²) in [5.74, 6) is 1.17. The lowest BCUT2D eigenvalue weighted by atomic mass is 9.95. The fourth-order valence-electron chi connectivity index (χ4n) is 2.82. The van der Waals surface area contributed by atoms with Crippen molar-refractivity contribution in [2.75, 3.05) is 26.1 Å². The third-order valence-corrected chi connectivity index (χ3v) is 3.93. The number of aromatic nitrogens is 4. The lowest BCUT2D eigenvalue weighted by Gasteiger charge is -2.27. The zero-order valence-electron chi connectivity index (χ0n) is 14.4. The van der Waals surface area contributed by atoms with Gasteiger partial charge in [0.05, 0.1) is 26.4 Å². The monoisotopic (exact) mass is 345 g/mol. The van der Waals surface area contributed by atoms with E-state index in [1.807, 2.05) is 6.07 Å². The molecule has 0 saturated heterocycles. The van der Waals surface area contributed by atoms with E-state index in [4.69, 9.17) is 14.2 Å². The number of hydrogen-bond donors (Lipinski definition) is 1. The van der Waals surface area contributed by atoms with Crippen LogP contribution in [-0.4, -0.2) is 47.0 Å². The van der Waals surface area contributed by atoms with Crippen LogP contribution < -0.4 is 14.8 Å². The minimum absolute atomic E-state index is 0.275. The van der Waals surface area contributed by atoms with Gasteiger partial charge in [0.25, 0.3) is 0 Å². The molecule has 2 aromatic rings. The van der Waals surface area contributed by atoms with Crippen LogP contribution in [0.4, 0.5) is 5.95 Å². The van der Waals surface area contributed by atoms with E-state index in [0.717, 1.165) is 5.56 Å². The highest BCUT2D eigenvalue weighted by Gasteiger charge is 2.35. The Labute approximate surface area is 144 Å². The third kappa shape index (κ3) is 2.88. The van der Waals surface area contributed by atoms with Crippen molar-refractivity contribution in [3.8, 4) is 11.5 Å². The molecule has 0 amide bonds. The number of benzene rings is 1. The van der Waals surface area contributed by atoms with Crippen molar-refractivity contribution in [2.24, 2.45) is 0 Å². The molecular formula is C16H19N5O4. The van der Waals surface area contributed by atoms with Crippen LogP contribution in [0.2, 0.25) is 0 Å². The Morgan fingerprint density at radius 3 is 2.72 bits per heavy atom. The topological polar surface area (TPSA) is 100 Å². The first-order valence-electron chi connectivity index (χ1n) is 7.75. The molecule has 1 aromatic heterocycles. The molecule has 0 bridgehead atoms. The number of nitrogens with one attached hydrogen (secondary N) is 1. The van der Waals surface area contributed by atoms with Gasteiger partial charge in [0.1, 0.15) is 6.04 Å². The molecule has 1 aliphatic heterocycles. The number of methoxy groups -OCH3 is 2. The van der Waals surface area contributed by atoms with Gasteiger partial charge in [0.2, 0.25) is 5.95 Å². The summed E-state index contributed by atoms with van der Waals surface area (Å²) in [4.78, 5) is 12.5. The summed E-state index contributed by atoms with van der Waals surface area (Å²) in [6.07, 6.45) is 0. The highest BCUT2D eigenvalue weighted by atomic mass is 16.5.